The van der Waals surface area contributed by atoms with Crippen LogP contribution < -0.4 is 4.74 Å². The molecule has 152 valence electrons. The number of aromatic nitrogens is 4. The van der Waals surface area contributed by atoms with E-state index < -0.39 is 0 Å². The number of rotatable bonds is 4. The molecule has 0 amide bonds. The lowest BCUT2D eigenvalue weighted by Gasteiger charge is -2.10. The van der Waals surface area contributed by atoms with E-state index in [-0.39, 0.29) is 11.6 Å². The predicted octanol–water partition coefficient (Wildman–Crippen LogP) is 5.72. The number of hydrogen-bond acceptors (Lipinski definition) is 5. The molecule has 0 atom stereocenters. The maximum atomic E-state index is 13.5. The van der Waals surface area contributed by atoms with Crippen molar-refractivity contribution in [3.05, 3.63) is 88.4 Å². The second kappa shape index (κ2) is 7.95. The van der Waals surface area contributed by atoms with E-state index in [9.17, 15) is 9.50 Å². The van der Waals surface area contributed by atoms with Crippen LogP contribution >= 0.6 is 22.6 Å². The van der Waals surface area contributed by atoms with Gasteiger partial charge in [0.1, 0.15) is 28.8 Å². The van der Waals surface area contributed by atoms with Gasteiger partial charge >= 0.3 is 0 Å². The summed E-state index contributed by atoms with van der Waals surface area (Å²) in [6.07, 6.45) is 1.78. The van der Waals surface area contributed by atoms with E-state index >= 15 is 0 Å². The first kappa shape index (κ1) is 19.4. The van der Waals surface area contributed by atoms with E-state index in [0.717, 1.165) is 16.6 Å². The molecule has 0 aliphatic carbocycles. The molecule has 31 heavy (non-hydrogen) atoms. The van der Waals surface area contributed by atoms with Gasteiger partial charge in [-0.25, -0.2) is 14.1 Å². The summed E-state index contributed by atoms with van der Waals surface area (Å²) in [5, 5.41) is 18.6. The number of halogens is 2. The number of aromatic hydroxyl groups is 1. The van der Waals surface area contributed by atoms with Crippen LogP contribution in [0.3, 0.4) is 0 Å². The quantitative estimate of drug-likeness (QED) is 0.305. The molecule has 8 heteroatoms. The first-order valence-corrected chi connectivity index (χ1v) is 10.4. The highest BCUT2D eigenvalue weighted by atomic mass is 127. The molecule has 0 saturated heterocycles. The number of ether oxygens (including phenoxy) is 1. The SMILES string of the molecule is Oc1ccc(-n2cc(-c3ccc4c(Oc5ccc(F)c(I)c5)cccc4n3)nn2)cc1. The van der Waals surface area contributed by atoms with Crippen molar-refractivity contribution in [2.75, 3.05) is 0 Å². The number of benzene rings is 3. The lowest BCUT2D eigenvalue weighted by molar-refractivity contribution is 0.475. The zero-order valence-corrected chi connectivity index (χ0v) is 18.1. The molecule has 0 aliphatic rings. The minimum Gasteiger partial charge on any atom is -0.508 e. The lowest BCUT2D eigenvalue weighted by atomic mass is 10.1. The van der Waals surface area contributed by atoms with Gasteiger partial charge in [0, 0.05) is 5.39 Å². The Balaban J connectivity index is 1.47. The molecule has 0 unspecified atom stereocenters. The molecular formula is C23H14FIN4O2. The van der Waals surface area contributed by atoms with Crippen molar-refractivity contribution < 1.29 is 14.2 Å². The highest BCUT2D eigenvalue weighted by Gasteiger charge is 2.11. The Hall–Kier alpha value is -3.53. The molecule has 2 aromatic heterocycles. The average molecular weight is 524 g/mol. The topological polar surface area (TPSA) is 73.1 Å². The van der Waals surface area contributed by atoms with E-state index in [1.165, 1.54) is 6.07 Å². The second-order valence-electron chi connectivity index (χ2n) is 6.76. The van der Waals surface area contributed by atoms with Gasteiger partial charge in [0.2, 0.25) is 0 Å². The summed E-state index contributed by atoms with van der Waals surface area (Å²) in [6, 6.07) is 20.7. The fraction of sp³-hybridized carbons (Fsp3) is 0. The zero-order chi connectivity index (χ0) is 21.4. The lowest BCUT2D eigenvalue weighted by Crippen LogP contribution is -1.93. The Labute approximate surface area is 190 Å². The van der Waals surface area contributed by atoms with Gasteiger partial charge in [0.05, 0.1) is 26.7 Å². The third kappa shape index (κ3) is 3.93. The van der Waals surface area contributed by atoms with Crippen molar-refractivity contribution >= 4 is 33.5 Å². The Morgan fingerprint density at radius 1 is 0.935 bits per heavy atom. The van der Waals surface area contributed by atoms with Crippen molar-refractivity contribution in [3.8, 4) is 34.3 Å². The van der Waals surface area contributed by atoms with Crippen LogP contribution in [0.1, 0.15) is 0 Å². The Kier molecular flexibility index (Phi) is 4.99. The summed E-state index contributed by atoms with van der Waals surface area (Å²) in [5.74, 6) is 1.09. The fourth-order valence-electron chi connectivity index (χ4n) is 3.14. The third-order valence-electron chi connectivity index (χ3n) is 4.68. The van der Waals surface area contributed by atoms with E-state index in [0.29, 0.717) is 26.5 Å². The number of fused-ring (bicyclic) bond motifs is 1. The van der Waals surface area contributed by atoms with Gasteiger partial charge < -0.3 is 9.84 Å². The van der Waals surface area contributed by atoms with E-state index in [2.05, 4.69) is 10.3 Å². The molecule has 3 aromatic carbocycles. The first-order valence-electron chi connectivity index (χ1n) is 9.32. The summed E-state index contributed by atoms with van der Waals surface area (Å²) < 4.78 is 21.6. The molecule has 0 bridgehead atoms. The minimum atomic E-state index is -0.280. The van der Waals surface area contributed by atoms with Crippen molar-refractivity contribution in [2.45, 2.75) is 0 Å². The molecule has 1 N–H and O–H groups in total. The zero-order valence-electron chi connectivity index (χ0n) is 15.9. The van der Waals surface area contributed by atoms with Crippen molar-refractivity contribution in [1.29, 1.82) is 0 Å². The van der Waals surface area contributed by atoms with Crippen LogP contribution in [-0.4, -0.2) is 25.1 Å². The molecule has 5 rings (SSSR count). The average Bonchev–Trinajstić information content (AvgIpc) is 3.27. The number of hydrogen-bond donors (Lipinski definition) is 1. The Morgan fingerprint density at radius 2 is 1.77 bits per heavy atom. The smallest absolute Gasteiger partial charge is 0.136 e. The molecule has 5 aromatic rings. The Bertz CT molecular complexity index is 1400. The van der Waals surface area contributed by atoms with Crippen LogP contribution in [-0.2, 0) is 0 Å². The molecular weight excluding hydrogens is 510 g/mol. The second-order valence-corrected chi connectivity index (χ2v) is 7.92. The molecule has 6 nitrogen and oxygen atoms in total. The standard InChI is InChI=1S/C23H14FIN4O2/c24-18-10-8-16(12-19(18)25)31-23-3-1-2-20-17(23)9-11-21(26-20)22-13-29(28-27-22)14-4-6-15(30)7-5-14/h1-13,30H. The van der Waals surface area contributed by atoms with Crippen LogP contribution in [0.2, 0.25) is 0 Å². The summed E-state index contributed by atoms with van der Waals surface area (Å²) in [7, 11) is 0. The summed E-state index contributed by atoms with van der Waals surface area (Å²) in [6.45, 7) is 0. The van der Waals surface area contributed by atoms with Crippen LogP contribution in [0.4, 0.5) is 4.39 Å². The molecule has 0 fully saturated rings. The first-order chi connectivity index (χ1) is 15.1. The van der Waals surface area contributed by atoms with Crippen molar-refractivity contribution in [2.24, 2.45) is 0 Å². The normalized spacial score (nSPS) is 11.0. The van der Waals surface area contributed by atoms with Gasteiger partial charge in [0.25, 0.3) is 0 Å². The van der Waals surface area contributed by atoms with E-state index in [1.54, 1.807) is 47.3 Å². The summed E-state index contributed by atoms with van der Waals surface area (Å²) in [5.41, 5.74) is 2.81. The van der Waals surface area contributed by atoms with Crippen LogP contribution in [0.5, 0.6) is 17.2 Å². The molecule has 2 heterocycles. The summed E-state index contributed by atoms with van der Waals surface area (Å²) >= 11 is 1.93. The monoisotopic (exact) mass is 524 g/mol. The van der Waals surface area contributed by atoms with Gasteiger partial charge in [-0.1, -0.05) is 11.3 Å². The van der Waals surface area contributed by atoms with Gasteiger partial charge in [0.15, 0.2) is 0 Å². The Morgan fingerprint density at radius 3 is 2.58 bits per heavy atom. The number of nitrogens with zero attached hydrogens (tertiary/aromatic N) is 4. The third-order valence-corrected chi connectivity index (χ3v) is 5.51. The highest BCUT2D eigenvalue weighted by Crippen LogP contribution is 2.31. The van der Waals surface area contributed by atoms with Crippen LogP contribution in [0, 0.1) is 9.39 Å². The van der Waals surface area contributed by atoms with Crippen LogP contribution in [0.25, 0.3) is 28.0 Å². The molecule has 0 saturated carbocycles. The molecule has 0 aliphatic heterocycles. The van der Waals surface area contributed by atoms with Gasteiger partial charge in [-0.2, -0.15) is 0 Å². The van der Waals surface area contributed by atoms with Gasteiger partial charge in [-0.05, 0) is 89.3 Å². The van der Waals surface area contributed by atoms with E-state index in [1.807, 2.05) is 52.9 Å². The number of pyridine rings is 1. The molecule has 0 radical (unpaired) electrons. The number of phenolic OH excluding ortho intramolecular Hbond substituents is 1. The maximum Gasteiger partial charge on any atom is 0.136 e. The number of phenols is 1. The van der Waals surface area contributed by atoms with Crippen molar-refractivity contribution in [3.63, 3.8) is 0 Å². The molecule has 0 spiro atoms. The predicted molar refractivity (Wildman–Crippen MR) is 123 cm³/mol. The fourth-order valence-corrected chi connectivity index (χ4v) is 3.63. The van der Waals surface area contributed by atoms with Gasteiger partial charge in [-0.3, -0.25) is 0 Å². The van der Waals surface area contributed by atoms with Crippen LogP contribution in [0.15, 0.2) is 79.0 Å². The van der Waals surface area contributed by atoms with Crippen molar-refractivity contribution in [1.82, 2.24) is 20.0 Å². The minimum absolute atomic E-state index is 0.189. The summed E-state index contributed by atoms with van der Waals surface area (Å²) in [4.78, 5) is 4.70. The van der Waals surface area contributed by atoms with Gasteiger partial charge in [-0.15, -0.1) is 5.10 Å². The maximum absolute atomic E-state index is 13.5. The van der Waals surface area contributed by atoms with E-state index in [4.69, 9.17) is 9.72 Å². The largest absolute Gasteiger partial charge is 0.508 e. The highest BCUT2D eigenvalue weighted by molar-refractivity contribution is 14.1.